The zero-order chi connectivity index (χ0) is 12.0. The monoisotopic (exact) mass is 238 g/mol. The molecular weight excluding hydrogens is 224 g/mol. The normalized spacial score (nSPS) is 11.9. The fourth-order valence-corrected chi connectivity index (χ4v) is 1.67. The number of aliphatic hydroxyl groups is 1. The molecule has 2 N–H and O–H groups in total. The maximum absolute atomic E-state index is 8.71. The van der Waals surface area contributed by atoms with Crippen LogP contribution in [0.5, 0.6) is 0 Å². The summed E-state index contributed by atoms with van der Waals surface area (Å²) in [5, 5.41) is 21.2. The number of nitrogens with one attached hydrogen (secondary N) is 1. The molecule has 0 saturated heterocycles. The molecule has 1 atom stereocenters. The van der Waals surface area contributed by atoms with Crippen molar-refractivity contribution in [3.05, 3.63) is 28.8 Å². The molecular formula is C12H15ClN2O. The summed E-state index contributed by atoms with van der Waals surface area (Å²) in [5.74, 6) is 0. The van der Waals surface area contributed by atoms with Gasteiger partial charge in [-0.1, -0.05) is 11.6 Å². The van der Waals surface area contributed by atoms with E-state index < -0.39 is 0 Å². The van der Waals surface area contributed by atoms with Crippen LogP contribution in [0.1, 0.15) is 25.3 Å². The molecule has 1 aromatic rings. The minimum atomic E-state index is 0.202. The predicted octanol–water partition coefficient (Wildman–Crippen LogP) is 2.78. The molecule has 0 aromatic heterocycles. The van der Waals surface area contributed by atoms with E-state index in [-0.39, 0.29) is 12.6 Å². The summed E-state index contributed by atoms with van der Waals surface area (Å²) in [6.45, 7) is 2.23. The maximum Gasteiger partial charge on any atom is 0.0992 e. The summed E-state index contributed by atoms with van der Waals surface area (Å²) in [7, 11) is 0. The van der Waals surface area contributed by atoms with Crippen LogP contribution < -0.4 is 5.32 Å². The van der Waals surface area contributed by atoms with E-state index in [1.54, 1.807) is 18.2 Å². The molecule has 0 aliphatic heterocycles. The van der Waals surface area contributed by atoms with Crippen LogP contribution in [0.15, 0.2) is 18.2 Å². The van der Waals surface area contributed by atoms with E-state index in [0.717, 1.165) is 18.5 Å². The fraction of sp³-hybridized carbons (Fsp3) is 0.417. The minimum absolute atomic E-state index is 0.202. The number of hydrogen-bond donors (Lipinski definition) is 2. The Balaban J connectivity index is 2.64. The van der Waals surface area contributed by atoms with Gasteiger partial charge in [0.1, 0.15) is 0 Å². The van der Waals surface area contributed by atoms with Gasteiger partial charge in [0.25, 0.3) is 0 Å². The molecule has 1 unspecified atom stereocenters. The Morgan fingerprint density at radius 1 is 1.56 bits per heavy atom. The van der Waals surface area contributed by atoms with Gasteiger partial charge in [0.05, 0.1) is 22.3 Å². The highest BCUT2D eigenvalue weighted by molar-refractivity contribution is 6.33. The summed E-state index contributed by atoms with van der Waals surface area (Å²) in [4.78, 5) is 0. The number of rotatable bonds is 5. The Bertz CT molecular complexity index is 387. The Morgan fingerprint density at radius 2 is 2.31 bits per heavy atom. The van der Waals surface area contributed by atoms with E-state index in [1.165, 1.54) is 0 Å². The van der Waals surface area contributed by atoms with E-state index in [4.69, 9.17) is 22.0 Å². The minimum Gasteiger partial charge on any atom is -0.396 e. The zero-order valence-corrected chi connectivity index (χ0v) is 9.96. The Labute approximate surface area is 101 Å². The van der Waals surface area contributed by atoms with Gasteiger partial charge in [0, 0.05) is 12.6 Å². The first-order valence-electron chi connectivity index (χ1n) is 5.24. The van der Waals surface area contributed by atoms with E-state index in [2.05, 4.69) is 5.32 Å². The first-order chi connectivity index (χ1) is 7.67. The van der Waals surface area contributed by atoms with Crippen molar-refractivity contribution in [3.63, 3.8) is 0 Å². The largest absolute Gasteiger partial charge is 0.396 e. The number of anilines is 1. The van der Waals surface area contributed by atoms with E-state index in [9.17, 15) is 0 Å². The van der Waals surface area contributed by atoms with Crippen molar-refractivity contribution >= 4 is 17.3 Å². The van der Waals surface area contributed by atoms with Crippen LogP contribution in [0.25, 0.3) is 0 Å². The van der Waals surface area contributed by atoms with Crippen molar-refractivity contribution in [2.45, 2.75) is 25.8 Å². The molecule has 0 saturated carbocycles. The quantitative estimate of drug-likeness (QED) is 0.830. The van der Waals surface area contributed by atoms with Crippen LogP contribution in [0, 0.1) is 11.3 Å². The maximum atomic E-state index is 8.71. The first-order valence-corrected chi connectivity index (χ1v) is 5.62. The Hall–Kier alpha value is -1.24. The highest BCUT2D eigenvalue weighted by Crippen LogP contribution is 2.23. The molecule has 0 radical (unpaired) electrons. The average molecular weight is 239 g/mol. The van der Waals surface area contributed by atoms with Gasteiger partial charge in [-0.2, -0.15) is 5.26 Å². The standard InChI is InChI=1S/C12H15ClN2O/c1-9(3-2-6-16)15-12-5-4-10(8-14)7-11(12)13/h4-5,7,9,15-16H,2-3,6H2,1H3. The zero-order valence-electron chi connectivity index (χ0n) is 9.20. The molecule has 86 valence electrons. The lowest BCUT2D eigenvalue weighted by Crippen LogP contribution is -2.15. The van der Waals surface area contributed by atoms with Crippen molar-refractivity contribution < 1.29 is 5.11 Å². The SMILES string of the molecule is CC(CCCO)Nc1ccc(C#N)cc1Cl. The Kier molecular flexibility index (Phi) is 5.10. The molecule has 0 spiro atoms. The number of benzene rings is 1. The van der Waals surface area contributed by atoms with Crippen LogP contribution in [0.2, 0.25) is 5.02 Å². The lowest BCUT2D eigenvalue weighted by molar-refractivity contribution is 0.282. The van der Waals surface area contributed by atoms with Crippen LogP contribution in [-0.2, 0) is 0 Å². The topological polar surface area (TPSA) is 56.0 Å². The second-order valence-electron chi connectivity index (χ2n) is 3.72. The van der Waals surface area contributed by atoms with E-state index in [0.29, 0.717) is 10.6 Å². The fourth-order valence-electron chi connectivity index (χ4n) is 1.44. The summed E-state index contributed by atoms with van der Waals surface area (Å²) >= 11 is 6.02. The summed E-state index contributed by atoms with van der Waals surface area (Å²) in [6, 6.07) is 7.46. The molecule has 1 rings (SSSR count). The number of nitriles is 1. The number of halogens is 1. The van der Waals surface area contributed by atoms with Crippen LogP contribution in [-0.4, -0.2) is 17.8 Å². The van der Waals surface area contributed by atoms with E-state index in [1.807, 2.05) is 13.0 Å². The smallest absolute Gasteiger partial charge is 0.0992 e. The van der Waals surface area contributed by atoms with E-state index >= 15 is 0 Å². The lowest BCUT2D eigenvalue weighted by Gasteiger charge is -2.15. The van der Waals surface area contributed by atoms with Crippen LogP contribution >= 0.6 is 11.6 Å². The Morgan fingerprint density at radius 3 is 2.88 bits per heavy atom. The number of hydrogen-bond acceptors (Lipinski definition) is 3. The van der Waals surface area contributed by atoms with Gasteiger partial charge in [0.15, 0.2) is 0 Å². The molecule has 16 heavy (non-hydrogen) atoms. The van der Waals surface area contributed by atoms with Gasteiger partial charge < -0.3 is 10.4 Å². The summed E-state index contributed by atoms with van der Waals surface area (Å²) in [5.41, 5.74) is 1.38. The van der Waals surface area contributed by atoms with Gasteiger partial charge in [-0.3, -0.25) is 0 Å². The number of nitrogens with zero attached hydrogens (tertiary/aromatic N) is 1. The molecule has 0 aliphatic carbocycles. The molecule has 1 aromatic carbocycles. The molecule has 0 aliphatic rings. The summed E-state index contributed by atoms with van der Waals surface area (Å²) in [6.07, 6.45) is 1.65. The number of aliphatic hydroxyl groups excluding tert-OH is 1. The second-order valence-corrected chi connectivity index (χ2v) is 4.12. The molecule has 4 heteroatoms. The third-order valence-corrected chi connectivity index (χ3v) is 2.61. The summed E-state index contributed by atoms with van der Waals surface area (Å²) < 4.78 is 0. The van der Waals surface area contributed by atoms with Crippen molar-refractivity contribution in [3.8, 4) is 6.07 Å². The first kappa shape index (κ1) is 12.8. The molecule has 0 heterocycles. The molecule has 0 amide bonds. The van der Waals surface area contributed by atoms with Crippen LogP contribution in [0.3, 0.4) is 0 Å². The third-order valence-electron chi connectivity index (χ3n) is 2.30. The van der Waals surface area contributed by atoms with Crippen LogP contribution in [0.4, 0.5) is 5.69 Å². The van der Waals surface area contributed by atoms with Crippen molar-refractivity contribution in [2.75, 3.05) is 11.9 Å². The lowest BCUT2D eigenvalue weighted by atomic mass is 10.1. The average Bonchev–Trinajstić information content (AvgIpc) is 2.29. The van der Waals surface area contributed by atoms with Gasteiger partial charge in [-0.05, 0) is 38.0 Å². The predicted molar refractivity (Wildman–Crippen MR) is 65.6 cm³/mol. The highest BCUT2D eigenvalue weighted by Gasteiger charge is 2.05. The van der Waals surface area contributed by atoms with Gasteiger partial charge in [-0.25, -0.2) is 0 Å². The van der Waals surface area contributed by atoms with Gasteiger partial charge in [-0.15, -0.1) is 0 Å². The second kappa shape index (κ2) is 6.37. The van der Waals surface area contributed by atoms with Crippen molar-refractivity contribution in [2.24, 2.45) is 0 Å². The van der Waals surface area contributed by atoms with Crippen molar-refractivity contribution in [1.29, 1.82) is 5.26 Å². The molecule has 3 nitrogen and oxygen atoms in total. The molecule has 0 fully saturated rings. The highest BCUT2D eigenvalue weighted by atomic mass is 35.5. The van der Waals surface area contributed by atoms with Crippen molar-refractivity contribution in [1.82, 2.24) is 0 Å². The molecule has 0 bridgehead atoms. The third kappa shape index (κ3) is 3.73. The van der Waals surface area contributed by atoms with Gasteiger partial charge in [0.2, 0.25) is 0 Å². The van der Waals surface area contributed by atoms with Gasteiger partial charge >= 0.3 is 0 Å².